The van der Waals surface area contributed by atoms with Crippen molar-refractivity contribution < 1.29 is 4.79 Å². The molecule has 0 spiro atoms. The fourth-order valence-electron chi connectivity index (χ4n) is 4.18. The number of carbonyl (C=O) groups excluding carboxylic acids is 1. The van der Waals surface area contributed by atoms with Crippen LogP contribution in [0.15, 0.2) is 36.5 Å². The average Bonchev–Trinajstić information content (AvgIpc) is 3.21. The van der Waals surface area contributed by atoms with Crippen LogP contribution in [-0.4, -0.2) is 54.1 Å². The van der Waals surface area contributed by atoms with Gasteiger partial charge in [-0.25, -0.2) is 4.98 Å². The number of nitrogens with one attached hydrogen (secondary N) is 1. The molecular weight excluding hydrogens is 338 g/mol. The average molecular weight is 363 g/mol. The fourth-order valence-corrected chi connectivity index (χ4v) is 4.18. The van der Waals surface area contributed by atoms with Gasteiger partial charge in [-0.15, -0.1) is 0 Å². The first-order valence-electron chi connectivity index (χ1n) is 9.77. The lowest BCUT2D eigenvalue weighted by Gasteiger charge is -2.34. The van der Waals surface area contributed by atoms with Crippen LogP contribution in [0.5, 0.6) is 0 Å². The molecule has 0 bridgehead atoms. The summed E-state index contributed by atoms with van der Waals surface area (Å²) in [5, 5.41) is 15.0. The summed E-state index contributed by atoms with van der Waals surface area (Å²) in [6.07, 6.45) is 5.58. The number of hydrogen-bond acceptors (Lipinski definition) is 5. The van der Waals surface area contributed by atoms with E-state index in [1.807, 2.05) is 12.3 Å². The molecule has 0 unspecified atom stereocenters. The highest BCUT2D eigenvalue weighted by atomic mass is 16.2. The molecule has 6 heteroatoms. The van der Waals surface area contributed by atoms with Crippen LogP contribution >= 0.6 is 0 Å². The Kier molecular flexibility index (Phi) is 5.21. The topological polar surface area (TPSA) is 72.3 Å². The zero-order chi connectivity index (χ0) is 18.6. The van der Waals surface area contributed by atoms with Gasteiger partial charge in [0.25, 0.3) is 0 Å². The van der Waals surface area contributed by atoms with Gasteiger partial charge in [-0.3, -0.25) is 4.79 Å². The van der Waals surface area contributed by atoms with E-state index in [2.05, 4.69) is 45.5 Å². The Morgan fingerprint density at radius 2 is 2.00 bits per heavy atom. The molecular formula is C21H25N5O. The van der Waals surface area contributed by atoms with Crippen LogP contribution in [0, 0.1) is 11.3 Å². The first kappa shape index (κ1) is 17.7. The number of anilines is 1. The number of rotatable bonds is 4. The monoisotopic (exact) mass is 363 g/mol. The number of likely N-dealkylation sites (tertiary alicyclic amines) is 1. The van der Waals surface area contributed by atoms with E-state index >= 15 is 0 Å². The Morgan fingerprint density at radius 1 is 1.19 bits per heavy atom. The molecule has 6 nitrogen and oxygen atoms in total. The second-order valence-corrected chi connectivity index (χ2v) is 7.37. The molecule has 0 saturated carbocycles. The van der Waals surface area contributed by atoms with Crippen LogP contribution in [0.25, 0.3) is 10.8 Å². The molecule has 0 radical (unpaired) electrons. The Balaban J connectivity index is 1.31. The van der Waals surface area contributed by atoms with Crippen molar-refractivity contribution >= 4 is 22.5 Å². The van der Waals surface area contributed by atoms with Crippen molar-refractivity contribution in [3.63, 3.8) is 0 Å². The zero-order valence-electron chi connectivity index (χ0n) is 15.5. The third-order valence-corrected chi connectivity index (χ3v) is 5.71. The van der Waals surface area contributed by atoms with E-state index in [0.29, 0.717) is 19.1 Å². The van der Waals surface area contributed by atoms with Gasteiger partial charge in [0.2, 0.25) is 5.91 Å². The highest BCUT2D eigenvalue weighted by molar-refractivity contribution is 5.92. The number of nitrogens with zero attached hydrogens (tertiary/aromatic N) is 4. The van der Waals surface area contributed by atoms with E-state index < -0.39 is 0 Å². The van der Waals surface area contributed by atoms with Gasteiger partial charge in [0, 0.05) is 37.3 Å². The van der Waals surface area contributed by atoms with Crippen LogP contribution in [-0.2, 0) is 4.79 Å². The molecule has 2 saturated heterocycles. The molecule has 27 heavy (non-hydrogen) atoms. The minimum atomic E-state index is -0.237. The van der Waals surface area contributed by atoms with Gasteiger partial charge >= 0.3 is 0 Å². The molecule has 1 amide bonds. The van der Waals surface area contributed by atoms with Crippen LogP contribution < -0.4 is 10.2 Å². The number of piperidine rings is 1. The molecule has 1 aromatic carbocycles. The Labute approximate surface area is 159 Å². The molecule has 0 aliphatic carbocycles. The van der Waals surface area contributed by atoms with Crippen molar-refractivity contribution in [1.82, 2.24) is 15.2 Å². The first-order chi connectivity index (χ1) is 13.3. The Morgan fingerprint density at radius 3 is 2.81 bits per heavy atom. The summed E-state index contributed by atoms with van der Waals surface area (Å²) in [5.74, 6) is 1.11. The third-order valence-electron chi connectivity index (χ3n) is 5.71. The number of hydrogen-bond donors (Lipinski definition) is 1. The van der Waals surface area contributed by atoms with E-state index in [-0.39, 0.29) is 11.9 Å². The fraction of sp³-hybridized carbons (Fsp3) is 0.476. The summed E-state index contributed by atoms with van der Waals surface area (Å²) in [7, 11) is 0. The van der Waals surface area contributed by atoms with Gasteiger partial charge in [0.1, 0.15) is 11.9 Å². The van der Waals surface area contributed by atoms with Crippen molar-refractivity contribution in [3.05, 3.63) is 36.5 Å². The van der Waals surface area contributed by atoms with Gasteiger partial charge < -0.3 is 15.1 Å². The normalized spacial score (nSPS) is 20.8. The summed E-state index contributed by atoms with van der Waals surface area (Å²) < 4.78 is 0. The molecule has 1 N–H and O–H groups in total. The highest BCUT2D eigenvalue weighted by Crippen LogP contribution is 2.26. The standard InChI is InChI=1S/C21H25N5O/c22-14-18-5-3-11-26(18)20(27)15-24-17-8-12-25(13-9-17)21-19-6-2-1-4-16(19)7-10-23-21/h1-2,4,6-7,10,17-18,24H,3,5,8-9,11-13,15H2/t18-/m0/s1. The second-order valence-electron chi connectivity index (χ2n) is 7.37. The summed E-state index contributed by atoms with van der Waals surface area (Å²) >= 11 is 0. The van der Waals surface area contributed by atoms with E-state index in [1.54, 1.807) is 4.90 Å². The van der Waals surface area contributed by atoms with Crippen molar-refractivity contribution in [2.75, 3.05) is 31.1 Å². The molecule has 1 aromatic heterocycles. The Bertz CT molecular complexity index is 848. The quantitative estimate of drug-likeness (QED) is 0.902. The maximum Gasteiger partial charge on any atom is 0.237 e. The van der Waals surface area contributed by atoms with Crippen LogP contribution in [0.4, 0.5) is 5.82 Å². The molecule has 2 aliphatic heterocycles. The van der Waals surface area contributed by atoms with E-state index in [0.717, 1.165) is 44.6 Å². The minimum absolute atomic E-state index is 0.0530. The number of fused-ring (bicyclic) bond motifs is 1. The van der Waals surface area contributed by atoms with Crippen molar-refractivity contribution in [1.29, 1.82) is 5.26 Å². The molecule has 3 heterocycles. The zero-order valence-corrected chi connectivity index (χ0v) is 15.5. The van der Waals surface area contributed by atoms with Crippen LogP contribution in [0.3, 0.4) is 0 Å². The number of aromatic nitrogens is 1. The van der Waals surface area contributed by atoms with Crippen molar-refractivity contribution in [3.8, 4) is 6.07 Å². The number of carbonyl (C=O) groups is 1. The molecule has 2 aromatic rings. The highest BCUT2D eigenvalue weighted by Gasteiger charge is 2.29. The molecule has 1 atom stereocenters. The summed E-state index contributed by atoms with van der Waals surface area (Å²) in [6.45, 7) is 2.90. The summed E-state index contributed by atoms with van der Waals surface area (Å²) in [5.41, 5.74) is 0. The lowest BCUT2D eigenvalue weighted by atomic mass is 10.0. The minimum Gasteiger partial charge on any atom is -0.356 e. The third kappa shape index (κ3) is 3.74. The maximum absolute atomic E-state index is 12.4. The predicted octanol–water partition coefficient (Wildman–Crippen LogP) is 2.31. The Hall–Kier alpha value is -2.65. The number of benzene rings is 1. The lowest BCUT2D eigenvalue weighted by molar-refractivity contribution is -0.130. The largest absolute Gasteiger partial charge is 0.356 e. The summed E-state index contributed by atoms with van der Waals surface area (Å²) in [6, 6.07) is 12.7. The number of nitriles is 1. The van der Waals surface area contributed by atoms with Crippen molar-refractivity contribution in [2.24, 2.45) is 0 Å². The van der Waals surface area contributed by atoms with Gasteiger partial charge in [-0.2, -0.15) is 5.26 Å². The number of pyridine rings is 1. The van der Waals surface area contributed by atoms with E-state index in [1.165, 1.54) is 10.8 Å². The SMILES string of the molecule is N#C[C@@H]1CCCN1C(=O)CNC1CCN(c2nccc3ccccc23)CC1. The maximum atomic E-state index is 12.4. The number of amides is 1. The smallest absolute Gasteiger partial charge is 0.237 e. The predicted molar refractivity (Wildman–Crippen MR) is 105 cm³/mol. The van der Waals surface area contributed by atoms with Crippen LogP contribution in [0.2, 0.25) is 0 Å². The summed E-state index contributed by atoms with van der Waals surface area (Å²) in [4.78, 5) is 21.1. The van der Waals surface area contributed by atoms with Gasteiger partial charge in [-0.05, 0) is 37.1 Å². The van der Waals surface area contributed by atoms with Crippen molar-refractivity contribution in [2.45, 2.75) is 37.8 Å². The van der Waals surface area contributed by atoms with Crippen LogP contribution in [0.1, 0.15) is 25.7 Å². The molecule has 140 valence electrons. The van der Waals surface area contributed by atoms with Gasteiger partial charge in [0.05, 0.1) is 12.6 Å². The van der Waals surface area contributed by atoms with Gasteiger partial charge in [0.15, 0.2) is 0 Å². The lowest BCUT2D eigenvalue weighted by Crippen LogP contribution is -2.47. The first-order valence-corrected chi connectivity index (χ1v) is 9.77. The molecule has 4 rings (SSSR count). The van der Waals surface area contributed by atoms with E-state index in [4.69, 9.17) is 5.26 Å². The van der Waals surface area contributed by atoms with Gasteiger partial charge in [-0.1, -0.05) is 24.3 Å². The molecule has 2 aliphatic rings. The second kappa shape index (κ2) is 7.93. The molecule has 2 fully saturated rings. The van der Waals surface area contributed by atoms with E-state index in [9.17, 15) is 4.79 Å².